The maximum Gasteiger partial charge on any atom is 0.248 e. The smallest absolute Gasteiger partial charge is 0.248 e. The zero-order valence-corrected chi connectivity index (χ0v) is 15.3. The Morgan fingerprint density at radius 2 is 2.07 bits per heavy atom. The normalized spacial score (nSPS) is 14.0. The summed E-state index contributed by atoms with van der Waals surface area (Å²) in [7, 11) is 1.57. The number of benzene rings is 2. The van der Waals surface area contributed by atoms with Gasteiger partial charge in [-0.15, -0.1) is 0 Å². The van der Waals surface area contributed by atoms with Crippen molar-refractivity contribution in [3.05, 3.63) is 59.4 Å². The fourth-order valence-electron chi connectivity index (χ4n) is 3.04. The van der Waals surface area contributed by atoms with E-state index in [0.29, 0.717) is 24.4 Å². The molecule has 6 heteroatoms. The Balaban J connectivity index is 1.70. The lowest BCUT2D eigenvalue weighted by atomic mass is 10.1. The highest BCUT2D eigenvalue weighted by Crippen LogP contribution is 2.27. The lowest BCUT2D eigenvalue weighted by Crippen LogP contribution is -2.24. The first kappa shape index (κ1) is 18.6. The van der Waals surface area contributed by atoms with E-state index in [4.69, 9.17) is 4.74 Å². The van der Waals surface area contributed by atoms with E-state index in [0.717, 1.165) is 17.5 Å². The van der Waals surface area contributed by atoms with Gasteiger partial charge in [-0.25, -0.2) is 4.39 Å². The molecule has 2 aromatic rings. The van der Waals surface area contributed by atoms with E-state index in [1.807, 2.05) is 25.1 Å². The number of anilines is 2. The zero-order valence-electron chi connectivity index (χ0n) is 15.3. The molecule has 0 radical (unpaired) electrons. The molecule has 0 saturated carbocycles. The summed E-state index contributed by atoms with van der Waals surface area (Å²) in [4.78, 5) is 25.3. The molecule has 0 aromatic heterocycles. The van der Waals surface area contributed by atoms with Gasteiger partial charge in [-0.3, -0.25) is 9.59 Å². The van der Waals surface area contributed by atoms with Crippen molar-refractivity contribution in [2.45, 2.75) is 19.8 Å². The van der Waals surface area contributed by atoms with Gasteiger partial charge in [0.15, 0.2) is 0 Å². The van der Waals surface area contributed by atoms with Crippen molar-refractivity contribution in [3.63, 3.8) is 0 Å². The summed E-state index contributed by atoms with van der Waals surface area (Å²) in [6, 6.07) is 9.99. The van der Waals surface area contributed by atoms with E-state index in [1.165, 1.54) is 23.1 Å². The first-order valence-corrected chi connectivity index (χ1v) is 8.71. The van der Waals surface area contributed by atoms with Crippen molar-refractivity contribution in [2.24, 2.45) is 0 Å². The molecule has 0 atom stereocenters. The Labute approximate surface area is 157 Å². The number of methoxy groups -OCH3 is 1. The summed E-state index contributed by atoms with van der Waals surface area (Å²) in [5.74, 6) is -0.341. The van der Waals surface area contributed by atoms with Crippen LogP contribution >= 0.6 is 0 Å². The van der Waals surface area contributed by atoms with Crippen LogP contribution in [0.3, 0.4) is 0 Å². The summed E-state index contributed by atoms with van der Waals surface area (Å²) in [6.07, 6.45) is 4.18. The van der Waals surface area contributed by atoms with Gasteiger partial charge in [0.25, 0.3) is 0 Å². The molecule has 1 fully saturated rings. The number of amides is 2. The van der Waals surface area contributed by atoms with Gasteiger partial charge in [-0.1, -0.05) is 11.6 Å². The molecule has 1 aliphatic heterocycles. The highest BCUT2D eigenvalue weighted by molar-refractivity contribution is 6.02. The van der Waals surface area contributed by atoms with Crippen molar-refractivity contribution in [3.8, 4) is 5.75 Å². The second kappa shape index (κ2) is 8.03. The van der Waals surface area contributed by atoms with E-state index in [-0.39, 0.29) is 17.5 Å². The zero-order chi connectivity index (χ0) is 19.4. The van der Waals surface area contributed by atoms with Crippen molar-refractivity contribution < 1.29 is 18.7 Å². The summed E-state index contributed by atoms with van der Waals surface area (Å²) in [5, 5.41) is 2.62. The van der Waals surface area contributed by atoms with Crippen LogP contribution in [-0.2, 0) is 9.59 Å². The first-order valence-electron chi connectivity index (χ1n) is 8.71. The molecule has 3 rings (SSSR count). The molecule has 0 unspecified atom stereocenters. The molecule has 2 aromatic carbocycles. The Bertz CT molecular complexity index is 908. The number of carbonyl (C=O) groups is 2. The van der Waals surface area contributed by atoms with Crippen LogP contribution < -0.4 is 15.0 Å². The van der Waals surface area contributed by atoms with E-state index < -0.39 is 5.82 Å². The van der Waals surface area contributed by atoms with Crippen LogP contribution in [0, 0.1) is 12.7 Å². The molecular weight excluding hydrogens is 347 g/mol. The number of hydrogen-bond donors (Lipinski definition) is 1. The predicted octanol–water partition coefficient (Wildman–Crippen LogP) is 3.92. The quantitative estimate of drug-likeness (QED) is 0.814. The first-order chi connectivity index (χ1) is 13.0. The Morgan fingerprint density at radius 3 is 2.74 bits per heavy atom. The van der Waals surface area contributed by atoms with Crippen LogP contribution in [0.15, 0.2) is 42.5 Å². The number of rotatable bonds is 5. The molecule has 2 amide bonds. The third-order valence-electron chi connectivity index (χ3n) is 4.38. The number of aryl methyl sites for hydroxylation is 1. The van der Waals surface area contributed by atoms with Crippen molar-refractivity contribution >= 4 is 29.3 Å². The molecule has 1 aliphatic rings. The monoisotopic (exact) mass is 368 g/mol. The molecule has 140 valence electrons. The molecule has 1 heterocycles. The van der Waals surface area contributed by atoms with Crippen LogP contribution in [-0.4, -0.2) is 25.5 Å². The third kappa shape index (κ3) is 4.34. The van der Waals surface area contributed by atoms with Gasteiger partial charge < -0.3 is 15.0 Å². The molecule has 5 nitrogen and oxygen atoms in total. The molecule has 0 bridgehead atoms. The van der Waals surface area contributed by atoms with Crippen LogP contribution in [0.2, 0.25) is 0 Å². The maximum absolute atomic E-state index is 14.3. The lowest BCUT2D eigenvalue weighted by molar-refractivity contribution is -0.117. The Kier molecular flexibility index (Phi) is 5.54. The van der Waals surface area contributed by atoms with Crippen LogP contribution in [0.25, 0.3) is 6.08 Å². The number of carbonyl (C=O) groups excluding carboxylic acids is 2. The summed E-state index contributed by atoms with van der Waals surface area (Å²) in [6.45, 7) is 2.47. The van der Waals surface area contributed by atoms with Crippen molar-refractivity contribution in [2.75, 3.05) is 23.9 Å². The van der Waals surface area contributed by atoms with E-state index >= 15 is 0 Å². The minimum absolute atomic E-state index is 0.0827. The third-order valence-corrected chi connectivity index (χ3v) is 4.38. The average molecular weight is 368 g/mol. The fourth-order valence-corrected chi connectivity index (χ4v) is 3.04. The minimum Gasteiger partial charge on any atom is -0.496 e. The fraction of sp³-hybridized carbons (Fsp3) is 0.238. The van der Waals surface area contributed by atoms with Gasteiger partial charge in [0.05, 0.1) is 12.8 Å². The minimum atomic E-state index is -0.535. The van der Waals surface area contributed by atoms with Crippen molar-refractivity contribution in [1.82, 2.24) is 0 Å². The second-order valence-corrected chi connectivity index (χ2v) is 6.38. The van der Waals surface area contributed by atoms with Crippen LogP contribution in [0.5, 0.6) is 5.75 Å². The van der Waals surface area contributed by atoms with E-state index in [1.54, 1.807) is 19.3 Å². The van der Waals surface area contributed by atoms with Gasteiger partial charge >= 0.3 is 0 Å². The molecule has 0 spiro atoms. The molecule has 1 N–H and O–H groups in total. The summed E-state index contributed by atoms with van der Waals surface area (Å²) >= 11 is 0. The summed E-state index contributed by atoms with van der Waals surface area (Å²) in [5.41, 5.74) is 2.40. The highest BCUT2D eigenvalue weighted by atomic mass is 19.1. The number of hydrogen-bond acceptors (Lipinski definition) is 3. The molecular formula is C21H21FN2O3. The van der Waals surface area contributed by atoms with Gasteiger partial charge in [-0.05, 0) is 49.8 Å². The predicted molar refractivity (Wildman–Crippen MR) is 103 cm³/mol. The van der Waals surface area contributed by atoms with Crippen LogP contribution in [0.4, 0.5) is 15.8 Å². The number of nitrogens with zero attached hydrogens (tertiary/aromatic N) is 1. The van der Waals surface area contributed by atoms with E-state index in [9.17, 15) is 14.0 Å². The van der Waals surface area contributed by atoms with Gasteiger partial charge in [0.1, 0.15) is 11.6 Å². The number of ether oxygens (including phenoxy) is 1. The van der Waals surface area contributed by atoms with Gasteiger partial charge in [0.2, 0.25) is 11.8 Å². The standard InChI is InChI=1S/C21H21FN2O3/c1-14-5-9-19(27-2)15(12-14)6-10-20(25)23-16-7-8-18(17(22)13-16)24-11-3-4-21(24)26/h5-10,12-13H,3-4,11H2,1-2H3,(H,23,25)/b10-6+. The number of nitrogens with one attached hydrogen (secondary N) is 1. The van der Waals surface area contributed by atoms with Gasteiger partial charge in [0, 0.05) is 30.3 Å². The summed E-state index contributed by atoms with van der Waals surface area (Å²) < 4.78 is 19.6. The average Bonchev–Trinajstić information content (AvgIpc) is 3.06. The molecule has 1 saturated heterocycles. The molecule has 27 heavy (non-hydrogen) atoms. The number of halogens is 1. The van der Waals surface area contributed by atoms with Crippen LogP contribution in [0.1, 0.15) is 24.0 Å². The SMILES string of the molecule is COc1ccc(C)cc1/C=C/C(=O)Nc1ccc(N2CCCC2=O)c(F)c1. The van der Waals surface area contributed by atoms with Gasteiger partial charge in [-0.2, -0.15) is 0 Å². The highest BCUT2D eigenvalue weighted by Gasteiger charge is 2.24. The van der Waals surface area contributed by atoms with Crippen molar-refractivity contribution in [1.29, 1.82) is 0 Å². The Hall–Kier alpha value is -3.15. The largest absolute Gasteiger partial charge is 0.496 e. The lowest BCUT2D eigenvalue weighted by Gasteiger charge is -2.17. The Morgan fingerprint density at radius 1 is 1.26 bits per heavy atom. The molecule has 0 aliphatic carbocycles. The maximum atomic E-state index is 14.3. The van der Waals surface area contributed by atoms with E-state index in [2.05, 4.69) is 5.32 Å². The topological polar surface area (TPSA) is 58.6 Å². The second-order valence-electron chi connectivity index (χ2n) is 6.38.